The van der Waals surface area contributed by atoms with Crippen LogP contribution in [0.5, 0.6) is 0 Å². The van der Waals surface area contributed by atoms with Crippen molar-refractivity contribution < 1.29 is 0 Å². The first kappa shape index (κ1) is 12.9. The Morgan fingerprint density at radius 2 is 2.05 bits per heavy atom. The molecule has 104 valence electrons. The molecule has 0 unspecified atom stereocenters. The van der Waals surface area contributed by atoms with Gasteiger partial charge in [-0.3, -0.25) is 5.43 Å². The summed E-state index contributed by atoms with van der Waals surface area (Å²) in [7, 11) is 0. The standard InChI is InChI=1S/C12H14ClN7/c13-9-4-3-8(7-15-9)16-17-10-11(14)18-19-12(10)20-5-1-2-6-20/h3-4,7,16H,1-2,5-6H2,(H2,14,17,18). The van der Waals surface area contributed by atoms with Crippen molar-refractivity contribution in [3.63, 3.8) is 0 Å². The lowest BCUT2D eigenvalue weighted by molar-refractivity contribution is 0.525. The summed E-state index contributed by atoms with van der Waals surface area (Å²) in [5, 5.41) is 12.7. The van der Waals surface area contributed by atoms with Crippen LogP contribution in [0.2, 0.25) is 5.15 Å². The lowest BCUT2D eigenvalue weighted by atomic mass is 10.3. The van der Waals surface area contributed by atoms with Gasteiger partial charge in [0.15, 0.2) is 17.4 Å². The van der Waals surface area contributed by atoms with E-state index in [0.29, 0.717) is 16.7 Å². The van der Waals surface area contributed by atoms with Gasteiger partial charge in [-0.15, -0.1) is 10.2 Å². The van der Waals surface area contributed by atoms with Crippen LogP contribution in [0.15, 0.2) is 33.6 Å². The smallest absolute Gasteiger partial charge is 0.183 e. The number of rotatable bonds is 2. The number of nitrogens with two attached hydrogens (primary N) is 1. The molecule has 0 bridgehead atoms. The quantitative estimate of drug-likeness (QED) is 0.634. The van der Waals surface area contributed by atoms with Gasteiger partial charge in [0, 0.05) is 13.1 Å². The fourth-order valence-electron chi connectivity index (χ4n) is 2.12. The fraction of sp³-hybridized carbons (Fsp3) is 0.333. The zero-order valence-electron chi connectivity index (χ0n) is 10.8. The van der Waals surface area contributed by atoms with Gasteiger partial charge in [-0.1, -0.05) is 11.6 Å². The van der Waals surface area contributed by atoms with E-state index in [1.165, 1.54) is 0 Å². The van der Waals surface area contributed by atoms with Crippen molar-refractivity contribution in [2.24, 2.45) is 21.0 Å². The van der Waals surface area contributed by atoms with E-state index in [2.05, 4.69) is 30.6 Å². The summed E-state index contributed by atoms with van der Waals surface area (Å²) < 4.78 is 0. The summed E-state index contributed by atoms with van der Waals surface area (Å²) in [5.74, 6) is 1.05. The van der Waals surface area contributed by atoms with E-state index >= 15 is 0 Å². The van der Waals surface area contributed by atoms with Gasteiger partial charge in [0.1, 0.15) is 5.15 Å². The van der Waals surface area contributed by atoms with Crippen LogP contribution < -0.4 is 11.2 Å². The van der Waals surface area contributed by atoms with Gasteiger partial charge in [0.05, 0.1) is 11.9 Å². The average molecular weight is 292 g/mol. The van der Waals surface area contributed by atoms with Crippen molar-refractivity contribution in [2.45, 2.75) is 12.8 Å². The molecule has 3 heterocycles. The van der Waals surface area contributed by atoms with Crippen molar-refractivity contribution in [3.8, 4) is 0 Å². The van der Waals surface area contributed by atoms with E-state index in [9.17, 15) is 0 Å². The molecule has 0 saturated carbocycles. The third kappa shape index (κ3) is 2.57. The molecule has 7 nitrogen and oxygen atoms in total. The van der Waals surface area contributed by atoms with Crippen LogP contribution in [-0.2, 0) is 0 Å². The Balaban J connectivity index is 1.76. The third-order valence-electron chi connectivity index (χ3n) is 3.14. The second-order valence-corrected chi connectivity index (χ2v) is 4.93. The molecule has 3 rings (SSSR count). The molecule has 0 atom stereocenters. The van der Waals surface area contributed by atoms with E-state index in [0.717, 1.165) is 37.5 Å². The first-order chi connectivity index (χ1) is 9.74. The van der Waals surface area contributed by atoms with Crippen molar-refractivity contribution in [1.29, 1.82) is 0 Å². The zero-order chi connectivity index (χ0) is 13.9. The van der Waals surface area contributed by atoms with E-state index < -0.39 is 0 Å². The van der Waals surface area contributed by atoms with Gasteiger partial charge in [-0.05, 0) is 25.0 Å². The number of hydrazone groups is 1. The summed E-state index contributed by atoms with van der Waals surface area (Å²) in [6, 6.07) is 3.47. The molecule has 0 spiro atoms. The summed E-state index contributed by atoms with van der Waals surface area (Å²) in [5.41, 5.74) is 10.0. The highest BCUT2D eigenvalue weighted by molar-refractivity contribution is 6.68. The van der Waals surface area contributed by atoms with Crippen molar-refractivity contribution >= 4 is 34.7 Å². The topological polar surface area (TPSA) is 91.3 Å². The van der Waals surface area contributed by atoms with Gasteiger partial charge < -0.3 is 10.6 Å². The van der Waals surface area contributed by atoms with E-state index in [4.69, 9.17) is 17.3 Å². The zero-order valence-corrected chi connectivity index (χ0v) is 11.5. The number of nitrogens with zero attached hydrogens (tertiary/aromatic N) is 5. The van der Waals surface area contributed by atoms with Gasteiger partial charge >= 0.3 is 0 Å². The SMILES string of the molecule is NC1=NN=C(N2CCCC2)/C1=N\Nc1ccc(Cl)nc1. The summed E-state index contributed by atoms with van der Waals surface area (Å²) in [4.78, 5) is 6.11. The maximum Gasteiger partial charge on any atom is 0.183 e. The Kier molecular flexibility index (Phi) is 3.51. The van der Waals surface area contributed by atoms with E-state index in [1.807, 2.05) is 0 Å². The number of nitrogens with one attached hydrogen (secondary N) is 1. The number of likely N-dealkylation sites (tertiary alicyclic amines) is 1. The lowest BCUT2D eigenvalue weighted by Gasteiger charge is -2.16. The summed E-state index contributed by atoms with van der Waals surface area (Å²) in [6.45, 7) is 1.92. The minimum absolute atomic E-state index is 0.321. The Labute approximate surface area is 121 Å². The number of anilines is 1. The molecular formula is C12H14ClN7. The normalized spacial score (nSPS) is 20.2. The molecule has 1 aromatic heterocycles. The summed E-state index contributed by atoms with van der Waals surface area (Å²) in [6.07, 6.45) is 3.91. The molecule has 2 aliphatic rings. The molecule has 20 heavy (non-hydrogen) atoms. The second-order valence-electron chi connectivity index (χ2n) is 4.54. The fourth-order valence-corrected chi connectivity index (χ4v) is 2.23. The molecule has 2 aliphatic heterocycles. The largest absolute Gasteiger partial charge is 0.380 e. The highest BCUT2D eigenvalue weighted by Gasteiger charge is 2.27. The van der Waals surface area contributed by atoms with Gasteiger partial charge in [-0.25, -0.2) is 4.98 Å². The molecule has 0 amide bonds. The van der Waals surface area contributed by atoms with Crippen molar-refractivity contribution in [1.82, 2.24) is 9.88 Å². The summed E-state index contributed by atoms with van der Waals surface area (Å²) >= 11 is 5.73. The Bertz CT molecular complexity index is 584. The minimum atomic E-state index is 0.321. The molecule has 1 fully saturated rings. The van der Waals surface area contributed by atoms with Crippen LogP contribution in [0.3, 0.4) is 0 Å². The third-order valence-corrected chi connectivity index (χ3v) is 3.36. The molecule has 0 aliphatic carbocycles. The van der Waals surface area contributed by atoms with Crippen LogP contribution in [0, 0.1) is 0 Å². The predicted molar refractivity (Wildman–Crippen MR) is 80.2 cm³/mol. The average Bonchev–Trinajstić information content (AvgIpc) is 3.08. The lowest BCUT2D eigenvalue weighted by Crippen LogP contribution is -2.38. The van der Waals surface area contributed by atoms with Crippen LogP contribution in [0.1, 0.15) is 12.8 Å². The first-order valence-corrected chi connectivity index (χ1v) is 6.74. The van der Waals surface area contributed by atoms with Gasteiger partial charge in [0.2, 0.25) is 0 Å². The number of hydrogen-bond donors (Lipinski definition) is 2. The number of pyridine rings is 1. The van der Waals surface area contributed by atoms with Gasteiger partial charge in [-0.2, -0.15) is 5.10 Å². The van der Waals surface area contributed by atoms with Crippen molar-refractivity contribution in [2.75, 3.05) is 18.5 Å². The van der Waals surface area contributed by atoms with Crippen LogP contribution in [0.4, 0.5) is 5.69 Å². The molecule has 1 saturated heterocycles. The molecule has 0 radical (unpaired) electrons. The maximum atomic E-state index is 5.83. The maximum absolute atomic E-state index is 5.83. The van der Waals surface area contributed by atoms with E-state index in [1.54, 1.807) is 18.3 Å². The highest BCUT2D eigenvalue weighted by Crippen LogP contribution is 2.13. The monoisotopic (exact) mass is 291 g/mol. The second kappa shape index (κ2) is 5.46. The molecule has 0 aromatic carbocycles. The molecule has 3 N–H and O–H groups in total. The molecule has 8 heteroatoms. The Morgan fingerprint density at radius 1 is 1.25 bits per heavy atom. The number of hydrogen-bond acceptors (Lipinski definition) is 7. The molecular weight excluding hydrogens is 278 g/mol. The Morgan fingerprint density at radius 3 is 2.75 bits per heavy atom. The first-order valence-electron chi connectivity index (χ1n) is 6.36. The van der Waals surface area contributed by atoms with Crippen LogP contribution >= 0.6 is 11.6 Å². The number of aromatic nitrogens is 1. The predicted octanol–water partition coefficient (Wildman–Crippen LogP) is 1.28. The molecule has 1 aromatic rings. The van der Waals surface area contributed by atoms with E-state index in [-0.39, 0.29) is 0 Å². The highest BCUT2D eigenvalue weighted by atomic mass is 35.5. The van der Waals surface area contributed by atoms with Crippen molar-refractivity contribution in [3.05, 3.63) is 23.5 Å². The Hall–Kier alpha value is -2.15. The van der Waals surface area contributed by atoms with Crippen LogP contribution in [-0.4, -0.2) is 40.4 Å². The number of halogens is 1. The van der Waals surface area contributed by atoms with Crippen LogP contribution in [0.25, 0.3) is 0 Å². The minimum Gasteiger partial charge on any atom is -0.380 e. The number of amidine groups is 2. The van der Waals surface area contributed by atoms with Gasteiger partial charge in [0.25, 0.3) is 0 Å².